The predicted octanol–water partition coefficient (Wildman–Crippen LogP) is 3.78. The fourth-order valence-corrected chi connectivity index (χ4v) is 1.62. The van der Waals surface area contributed by atoms with Gasteiger partial charge in [-0.05, 0) is 30.5 Å². The van der Waals surface area contributed by atoms with E-state index in [4.69, 9.17) is 5.73 Å². The third-order valence-electron chi connectivity index (χ3n) is 2.65. The summed E-state index contributed by atoms with van der Waals surface area (Å²) in [5, 5.41) is 3.12. The van der Waals surface area contributed by atoms with E-state index in [1.54, 1.807) is 0 Å². The minimum Gasteiger partial charge on any atom is -0.370 e. The van der Waals surface area contributed by atoms with Crippen LogP contribution in [0.2, 0.25) is 0 Å². The molecule has 1 aromatic carbocycles. The lowest BCUT2D eigenvalue weighted by molar-refractivity contribution is 0.727. The highest BCUT2D eigenvalue weighted by Gasteiger charge is 1.96. The molecule has 18 heavy (non-hydrogen) atoms. The normalized spacial score (nSPS) is 10.9. The van der Waals surface area contributed by atoms with E-state index < -0.39 is 0 Å². The van der Waals surface area contributed by atoms with Crippen LogP contribution < -0.4 is 11.1 Å². The largest absolute Gasteiger partial charge is 0.370 e. The van der Waals surface area contributed by atoms with Gasteiger partial charge in [-0.2, -0.15) is 0 Å². The Morgan fingerprint density at radius 2 is 2.06 bits per heavy atom. The van der Waals surface area contributed by atoms with E-state index in [-0.39, 0.29) is 24.0 Å². The fourth-order valence-electron chi connectivity index (χ4n) is 1.62. The molecule has 0 atom stereocenters. The number of unbranched alkanes of at least 4 members (excludes halogenated alkanes) is 2. The third-order valence-corrected chi connectivity index (χ3v) is 2.65. The Hall–Kier alpha value is -0.780. The summed E-state index contributed by atoms with van der Waals surface area (Å²) in [6.07, 6.45) is 4.56. The van der Waals surface area contributed by atoms with Crippen molar-refractivity contribution >= 4 is 35.6 Å². The second-order valence-corrected chi connectivity index (χ2v) is 4.15. The number of nitrogens with one attached hydrogen (secondary N) is 1. The Kier molecular flexibility index (Phi) is 9.73. The molecule has 0 aliphatic heterocycles. The first kappa shape index (κ1) is 17.2. The maximum Gasteiger partial charge on any atom is 0.193 e. The van der Waals surface area contributed by atoms with Gasteiger partial charge < -0.3 is 11.1 Å². The van der Waals surface area contributed by atoms with Crippen LogP contribution in [0.1, 0.15) is 38.7 Å². The molecule has 0 spiro atoms. The predicted molar refractivity (Wildman–Crippen MR) is 90.9 cm³/mol. The number of nitrogens with zero attached hydrogens (tertiary/aromatic N) is 1. The number of halogens is 1. The lowest BCUT2D eigenvalue weighted by Gasteiger charge is -2.07. The fraction of sp³-hybridized carbons (Fsp3) is 0.500. The molecule has 0 aliphatic carbocycles. The summed E-state index contributed by atoms with van der Waals surface area (Å²) in [5.41, 5.74) is 8.13. The molecule has 0 unspecified atom stereocenters. The average molecular weight is 361 g/mol. The van der Waals surface area contributed by atoms with E-state index in [0.29, 0.717) is 5.96 Å². The van der Waals surface area contributed by atoms with Crippen molar-refractivity contribution in [3.8, 4) is 0 Å². The molecule has 1 aromatic rings. The average Bonchev–Trinajstić information content (AvgIpc) is 2.35. The molecule has 0 bridgehead atoms. The van der Waals surface area contributed by atoms with Gasteiger partial charge in [0, 0.05) is 12.2 Å². The van der Waals surface area contributed by atoms with Gasteiger partial charge in [-0.1, -0.05) is 38.8 Å². The summed E-state index contributed by atoms with van der Waals surface area (Å²) in [5.74, 6) is 0.509. The first-order valence-corrected chi connectivity index (χ1v) is 6.42. The van der Waals surface area contributed by atoms with E-state index in [1.807, 2.05) is 12.1 Å². The van der Waals surface area contributed by atoms with Crippen molar-refractivity contribution in [2.24, 2.45) is 10.7 Å². The number of rotatable bonds is 6. The molecule has 3 nitrogen and oxygen atoms in total. The van der Waals surface area contributed by atoms with E-state index in [9.17, 15) is 0 Å². The lowest BCUT2D eigenvalue weighted by atomic mass is 10.1. The molecular formula is C14H24IN3. The zero-order chi connectivity index (χ0) is 12.5. The van der Waals surface area contributed by atoms with E-state index >= 15 is 0 Å². The van der Waals surface area contributed by atoms with Crippen molar-refractivity contribution in [3.05, 3.63) is 29.8 Å². The summed E-state index contributed by atoms with van der Waals surface area (Å²) < 4.78 is 0. The van der Waals surface area contributed by atoms with Gasteiger partial charge in [0.1, 0.15) is 0 Å². The van der Waals surface area contributed by atoms with E-state index in [0.717, 1.165) is 25.1 Å². The van der Waals surface area contributed by atoms with Crippen LogP contribution in [0.25, 0.3) is 0 Å². The lowest BCUT2D eigenvalue weighted by Crippen LogP contribution is -2.22. The maximum atomic E-state index is 5.82. The molecule has 102 valence electrons. The van der Waals surface area contributed by atoms with Gasteiger partial charge in [0.05, 0.1) is 0 Å². The molecule has 3 N–H and O–H groups in total. The van der Waals surface area contributed by atoms with Gasteiger partial charge in [0.25, 0.3) is 0 Å². The number of hydrogen-bond acceptors (Lipinski definition) is 1. The zero-order valence-electron chi connectivity index (χ0n) is 11.3. The second kappa shape index (κ2) is 10.2. The number of benzene rings is 1. The summed E-state index contributed by atoms with van der Waals surface area (Å²) in [6, 6.07) is 8.26. The highest BCUT2D eigenvalue weighted by molar-refractivity contribution is 14.0. The van der Waals surface area contributed by atoms with Gasteiger partial charge in [-0.3, -0.25) is 4.99 Å². The minimum absolute atomic E-state index is 0. The van der Waals surface area contributed by atoms with Crippen LogP contribution in [0.4, 0.5) is 5.69 Å². The van der Waals surface area contributed by atoms with Gasteiger partial charge in [0.2, 0.25) is 0 Å². The Labute approximate surface area is 127 Å². The quantitative estimate of drug-likeness (QED) is 0.351. The molecule has 0 amide bonds. The summed E-state index contributed by atoms with van der Waals surface area (Å²) in [7, 11) is 0. The SMILES string of the molecule is CCCCCN=C(N)Nc1cccc(CC)c1.I. The van der Waals surface area contributed by atoms with Crippen LogP contribution in [-0.2, 0) is 6.42 Å². The molecule has 0 saturated carbocycles. The van der Waals surface area contributed by atoms with Crippen molar-refractivity contribution in [1.82, 2.24) is 0 Å². The second-order valence-electron chi connectivity index (χ2n) is 4.15. The van der Waals surface area contributed by atoms with E-state index in [1.165, 1.54) is 18.4 Å². The number of hydrogen-bond donors (Lipinski definition) is 2. The molecule has 0 aromatic heterocycles. The molecule has 4 heteroatoms. The van der Waals surface area contributed by atoms with Crippen LogP contribution in [0.3, 0.4) is 0 Å². The van der Waals surface area contributed by atoms with Crippen molar-refractivity contribution in [3.63, 3.8) is 0 Å². The summed E-state index contributed by atoms with van der Waals surface area (Å²) >= 11 is 0. The topological polar surface area (TPSA) is 50.4 Å². The van der Waals surface area contributed by atoms with Crippen LogP contribution >= 0.6 is 24.0 Å². The molecule has 0 heterocycles. The molecule has 0 saturated heterocycles. The maximum absolute atomic E-state index is 5.82. The first-order chi connectivity index (χ1) is 8.26. The van der Waals surface area contributed by atoms with Crippen molar-refractivity contribution in [2.75, 3.05) is 11.9 Å². The van der Waals surface area contributed by atoms with Gasteiger partial charge in [-0.25, -0.2) is 0 Å². The number of aliphatic imine (C=N–C) groups is 1. The third kappa shape index (κ3) is 6.83. The number of aryl methyl sites for hydroxylation is 1. The number of guanidine groups is 1. The van der Waals surface area contributed by atoms with Gasteiger partial charge >= 0.3 is 0 Å². The van der Waals surface area contributed by atoms with Crippen molar-refractivity contribution < 1.29 is 0 Å². The van der Waals surface area contributed by atoms with Crippen molar-refractivity contribution in [1.29, 1.82) is 0 Å². The molecule has 1 rings (SSSR count). The summed E-state index contributed by atoms with van der Waals surface area (Å²) in [4.78, 5) is 4.30. The van der Waals surface area contributed by atoms with Crippen LogP contribution in [0.5, 0.6) is 0 Å². The number of anilines is 1. The van der Waals surface area contributed by atoms with Crippen LogP contribution in [0.15, 0.2) is 29.3 Å². The van der Waals surface area contributed by atoms with E-state index in [2.05, 4.69) is 36.3 Å². The Balaban J connectivity index is 0.00000289. The molecule has 0 radical (unpaired) electrons. The van der Waals surface area contributed by atoms with Gasteiger partial charge in [-0.15, -0.1) is 24.0 Å². The number of nitrogens with two attached hydrogens (primary N) is 1. The highest BCUT2D eigenvalue weighted by atomic mass is 127. The Morgan fingerprint density at radius 3 is 2.72 bits per heavy atom. The van der Waals surface area contributed by atoms with Crippen LogP contribution in [-0.4, -0.2) is 12.5 Å². The monoisotopic (exact) mass is 361 g/mol. The van der Waals surface area contributed by atoms with Crippen molar-refractivity contribution in [2.45, 2.75) is 39.5 Å². The molecular weight excluding hydrogens is 337 g/mol. The minimum atomic E-state index is 0. The molecule has 0 fully saturated rings. The smallest absolute Gasteiger partial charge is 0.193 e. The molecule has 0 aliphatic rings. The Bertz CT molecular complexity index is 364. The van der Waals surface area contributed by atoms with Crippen LogP contribution in [0, 0.1) is 0 Å². The first-order valence-electron chi connectivity index (χ1n) is 6.42. The summed E-state index contributed by atoms with van der Waals surface area (Å²) in [6.45, 7) is 5.13. The highest BCUT2D eigenvalue weighted by Crippen LogP contribution is 2.10. The van der Waals surface area contributed by atoms with Gasteiger partial charge in [0.15, 0.2) is 5.96 Å². The Morgan fingerprint density at radius 1 is 1.28 bits per heavy atom. The zero-order valence-corrected chi connectivity index (χ0v) is 13.6. The standard InChI is InChI=1S/C14H23N3.HI/c1-3-5-6-10-16-14(15)17-13-9-7-8-12(4-2)11-13;/h7-9,11H,3-6,10H2,1-2H3,(H3,15,16,17);1H.